The minimum absolute atomic E-state index is 0.321. The number of rotatable bonds is 3. The number of aromatic nitrogens is 2. The molecule has 0 unspecified atom stereocenters. The average Bonchev–Trinajstić information content (AvgIpc) is 4.01. The predicted octanol–water partition coefficient (Wildman–Crippen LogP) is 16.6. The molecule has 2 aliphatic rings. The van der Waals surface area contributed by atoms with Gasteiger partial charge >= 0.3 is 0 Å². The Morgan fingerprint density at radius 3 is 1.57 bits per heavy atom. The van der Waals surface area contributed by atoms with Gasteiger partial charge in [-0.25, -0.2) is 4.98 Å². The first kappa shape index (κ1) is 38.6. The number of hydrogen-bond acceptors (Lipinski definition) is 1. The van der Waals surface area contributed by atoms with Crippen LogP contribution in [0.15, 0.2) is 224 Å². The number of hydrogen-bond donors (Lipinski definition) is 0. The molecule has 0 saturated carbocycles. The van der Waals surface area contributed by atoms with Crippen molar-refractivity contribution in [3.63, 3.8) is 0 Å². The third kappa shape index (κ3) is 5.77. The summed E-state index contributed by atoms with van der Waals surface area (Å²) in [4.78, 5) is 4.84. The van der Waals surface area contributed by atoms with E-state index in [9.17, 15) is 0 Å². The molecule has 1 aromatic heterocycles. The Morgan fingerprint density at radius 1 is 0.385 bits per heavy atom. The molecule has 0 bridgehead atoms. The fourth-order valence-corrected chi connectivity index (χ4v) is 11.0. The fourth-order valence-electron chi connectivity index (χ4n) is 11.0. The Bertz CT molecular complexity index is 3660. The van der Waals surface area contributed by atoms with E-state index in [0.29, 0.717) is 0 Å². The van der Waals surface area contributed by atoms with Crippen molar-refractivity contribution in [3.8, 4) is 50.5 Å². The Morgan fingerprint density at radius 2 is 0.908 bits per heavy atom. The number of fused-ring (bicyclic) bond motifs is 11. The fraction of sp³-hybridized carbons (Fsp3) is 0.0635. The molecule has 0 aliphatic heterocycles. The number of benzene rings is 11. The maximum absolute atomic E-state index is 4.84. The van der Waals surface area contributed by atoms with Crippen LogP contribution in [0.2, 0.25) is 0 Å². The SMILES string of the molecule is CC.Cc1ccc(-n2c(-c3ccccc3)nc3ccccc32)cc1.c1ccc2c(c1)-c1ccccc1C21c2ccccc2-c2ccc(-c3ccc4ccc5cccc6ccc3c4c56)cc21. The van der Waals surface area contributed by atoms with Crippen molar-refractivity contribution in [2.24, 2.45) is 0 Å². The Hall–Kier alpha value is -8.07. The molecule has 2 heteroatoms. The van der Waals surface area contributed by atoms with Crippen molar-refractivity contribution in [1.82, 2.24) is 9.55 Å². The van der Waals surface area contributed by atoms with E-state index < -0.39 is 0 Å². The monoisotopic (exact) mass is 830 g/mol. The first-order valence-corrected chi connectivity index (χ1v) is 22.9. The van der Waals surface area contributed by atoms with Gasteiger partial charge in [0.1, 0.15) is 5.82 Å². The van der Waals surface area contributed by atoms with E-state index in [0.717, 1.165) is 28.1 Å². The minimum atomic E-state index is -0.321. The average molecular weight is 831 g/mol. The zero-order valence-electron chi connectivity index (χ0n) is 36.8. The Balaban J connectivity index is 0.000000157. The van der Waals surface area contributed by atoms with Gasteiger partial charge in [0.25, 0.3) is 0 Å². The van der Waals surface area contributed by atoms with E-state index >= 15 is 0 Å². The van der Waals surface area contributed by atoms with Crippen LogP contribution in [-0.2, 0) is 5.41 Å². The molecule has 11 aromatic carbocycles. The highest BCUT2D eigenvalue weighted by atomic mass is 15.1. The lowest BCUT2D eigenvalue weighted by Crippen LogP contribution is -2.25. The zero-order chi connectivity index (χ0) is 43.6. The molecular weight excluding hydrogens is 785 g/mol. The standard InChI is InChI=1S/C41H24.C20H16N2.C2H6/c1-4-13-35-30(10-1)31-11-2-5-14-36(31)41(35)37-15-6-3-12-32(37)33-22-20-28(24-38(33)41)29-21-18-27-17-16-25-8-7-9-26-19-23-34(29)40(27)39(25)26;1-15-11-13-17(14-12-15)22-19-10-6-5-9-18(19)21-20(22)16-7-3-2-4-8-16;1-2/h1-24H;2-14H,1H3;1-2H3. The molecule has 1 heterocycles. The van der Waals surface area contributed by atoms with Gasteiger partial charge in [0, 0.05) is 11.3 Å². The van der Waals surface area contributed by atoms with Crippen molar-refractivity contribution in [1.29, 1.82) is 0 Å². The van der Waals surface area contributed by atoms with Gasteiger partial charge in [-0.1, -0.05) is 214 Å². The van der Waals surface area contributed by atoms with Gasteiger partial charge in [-0.2, -0.15) is 0 Å². The quantitative estimate of drug-likeness (QED) is 0.162. The molecule has 0 radical (unpaired) electrons. The van der Waals surface area contributed by atoms with Gasteiger partial charge in [-0.05, 0) is 125 Å². The van der Waals surface area contributed by atoms with Gasteiger partial charge in [0.15, 0.2) is 0 Å². The molecule has 0 amide bonds. The van der Waals surface area contributed by atoms with Crippen LogP contribution < -0.4 is 0 Å². The van der Waals surface area contributed by atoms with Gasteiger partial charge in [-0.3, -0.25) is 4.57 Å². The normalized spacial score (nSPS) is 12.7. The van der Waals surface area contributed by atoms with Gasteiger partial charge in [0.2, 0.25) is 0 Å². The third-order valence-corrected chi connectivity index (χ3v) is 13.7. The lowest BCUT2D eigenvalue weighted by atomic mass is 9.70. The zero-order valence-corrected chi connectivity index (χ0v) is 36.8. The largest absolute Gasteiger partial charge is 0.292 e. The van der Waals surface area contributed by atoms with Crippen molar-refractivity contribution < 1.29 is 0 Å². The predicted molar refractivity (Wildman–Crippen MR) is 274 cm³/mol. The van der Waals surface area contributed by atoms with Crippen LogP contribution >= 0.6 is 0 Å². The molecular formula is C63H46N2. The van der Waals surface area contributed by atoms with Crippen molar-refractivity contribution in [2.75, 3.05) is 0 Å². The topological polar surface area (TPSA) is 17.8 Å². The summed E-state index contributed by atoms with van der Waals surface area (Å²) in [5, 5.41) is 7.97. The second-order valence-corrected chi connectivity index (χ2v) is 17.1. The van der Waals surface area contributed by atoms with Gasteiger partial charge in [0.05, 0.1) is 16.4 Å². The Labute approximate surface area is 380 Å². The lowest BCUT2D eigenvalue weighted by molar-refractivity contribution is 0.794. The summed E-state index contributed by atoms with van der Waals surface area (Å²) < 4.78 is 2.23. The molecule has 14 rings (SSSR count). The van der Waals surface area contributed by atoms with E-state index in [2.05, 4.69) is 212 Å². The number of nitrogens with zero attached hydrogens (tertiary/aromatic N) is 2. The second kappa shape index (κ2) is 15.3. The van der Waals surface area contributed by atoms with E-state index in [1.54, 1.807) is 0 Å². The van der Waals surface area contributed by atoms with Crippen LogP contribution in [0.3, 0.4) is 0 Å². The summed E-state index contributed by atoms with van der Waals surface area (Å²) in [5.41, 5.74) is 18.8. The van der Waals surface area contributed by atoms with E-state index in [-0.39, 0.29) is 5.41 Å². The molecule has 2 nitrogen and oxygen atoms in total. The summed E-state index contributed by atoms with van der Waals surface area (Å²) >= 11 is 0. The number of aryl methyl sites for hydroxylation is 1. The molecule has 308 valence electrons. The van der Waals surface area contributed by atoms with Crippen LogP contribution in [0.25, 0.3) is 93.8 Å². The summed E-state index contributed by atoms with van der Waals surface area (Å²) in [7, 11) is 0. The van der Waals surface area contributed by atoms with Crippen molar-refractivity contribution in [3.05, 3.63) is 252 Å². The summed E-state index contributed by atoms with van der Waals surface area (Å²) in [5.74, 6) is 0.977. The molecule has 65 heavy (non-hydrogen) atoms. The van der Waals surface area contributed by atoms with Crippen LogP contribution in [-0.4, -0.2) is 9.55 Å². The molecule has 12 aromatic rings. The van der Waals surface area contributed by atoms with E-state index in [4.69, 9.17) is 4.98 Å². The van der Waals surface area contributed by atoms with Crippen LogP contribution in [0.1, 0.15) is 41.7 Å². The number of para-hydroxylation sites is 2. The highest BCUT2D eigenvalue weighted by Crippen LogP contribution is 2.63. The molecule has 2 aliphatic carbocycles. The van der Waals surface area contributed by atoms with E-state index in [1.165, 1.54) is 93.5 Å². The minimum Gasteiger partial charge on any atom is -0.292 e. The number of imidazole rings is 1. The maximum Gasteiger partial charge on any atom is 0.145 e. The maximum atomic E-state index is 4.84. The highest BCUT2D eigenvalue weighted by Gasteiger charge is 2.51. The summed E-state index contributed by atoms with van der Waals surface area (Å²) in [6.07, 6.45) is 0. The first-order valence-electron chi connectivity index (χ1n) is 22.9. The van der Waals surface area contributed by atoms with Crippen molar-refractivity contribution in [2.45, 2.75) is 26.2 Å². The lowest BCUT2D eigenvalue weighted by Gasteiger charge is -2.30. The van der Waals surface area contributed by atoms with Gasteiger partial charge < -0.3 is 0 Å². The van der Waals surface area contributed by atoms with Crippen LogP contribution in [0.4, 0.5) is 0 Å². The third-order valence-electron chi connectivity index (χ3n) is 13.7. The van der Waals surface area contributed by atoms with E-state index in [1.807, 2.05) is 38.1 Å². The van der Waals surface area contributed by atoms with Crippen LogP contribution in [0, 0.1) is 6.92 Å². The molecule has 0 N–H and O–H groups in total. The summed E-state index contributed by atoms with van der Waals surface area (Å²) in [6.45, 7) is 6.11. The molecule has 0 atom stereocenters. The first-order chi connectivity index (χ1) is 32.2. The second-order valence-electron chi connectivity index (χ2n) is 17.1. The van der Waals surface area contributed by atoms with Gasteiger partial charge in [-0.15, -0.1) is 0 Å². The summed E-state index contributed by atoms with van der Waals surface area (Å²) in [6, 6.07) is 81.9. The molecule has 1 spiro atoms. The highest BCUT2D eigenvalue weighted by molar-refractivity contribution is 6.25. The smallest absolute Gasteiger partial charge is 0.145 e. The molecule has 0 saturated heterocycles. The molecule has 0 fully saturated rings. The van der Waals surface area contributed by atoms with Crippen LogP contribution in [0.5, 0.6) is 0 Å². The van der Waals surface area contributed by atoms with Crippen molar-refractivity contribution >= 4 is 43.4 Å². The Kier molecular flexibility index (Phi) is 9.10.